The molecule has 2 heterocycles. The zero-order valence-electron chi connectivity index (χ0n) is 22.3. The first-order valence-corrected chi connectivity index (χ1v) is 13.9. The second-order valence-corrected chi connectivity index (χ2v) is 11.2. The van der Waals surface area contributed by atoms with E-state index < -0.39 is 11.9 Å². The highest BCUT2D eigenvalue weighted by atomic mass is 32.1. The van der Waals surface area contributed by atoms with Gasteiger partial charge in [0.2, 0.25) is 11.8 Å². The lowest BCUT2D eigenvalue weighted by Gasteiger charge is -2.27. The minimum atomic E-state index is -0.677. The zero-order valence-corrected chi connectivity index (χ0v) is 23.1. The Kier molecular flexibility index (Phi) is 8.04. The molecule has 1 aliphatic carbocycles. The Balaban J connectivity index is 1.18. The van der Waals surface area contributed by atoms with Crippen LogP contribution in [0.2, 0.25) is 0 Å². The third kappa shape index (κ3) is 6.23. The smallest absolute Gasteiger partial charge is 0.251 e. The minimum Gasteiger partial charge on any atom is -0.457 e. The van der Waals surface area contributed by atoms with E-state index in [4.69, 9.17) is 20.6 Å². The third-order valence-electron chi connectivity index (χ3n) is 7.41. The molecule has 10 nitrogen and oxygen atoms in total. The molecule has 2 aliphatic rings. The second-order valence-electron chi connectivity index (χ2n) is 10.2. The molecule has 1 saturated carbocycles. The predicted octanol–water partition coefficient (Wildman–Crippen LogP) is 3.02. The quantitative estimate of drug-likeness (QED) is 0.203. The molecule has 0 unspecified atom stereocenters. The highest BCUT2D eigenvalue weighted by molar-refractivity contribution is 7.10. The van der Waals surface area contributed by atoms with Crippen molar-refractivity contribution in [2.45, 2.75) is 31.5 Å². The molecule has 0 spiro atoms. The first-order chi connectivity index (χ1) is 19.7. The predicted molar refractivity (Wildman–Crippen MR) is 150 cm³/mol. The average molecular weight is 580 g/mol. The number of fused-ring (bicyclic) bond motifs is 1. The van der Waals surface area contributed by atoms with Crippen molar-refractivity contribution in [1.82, 2.24) is 15.5 Å². The van der Waals surface area contributed by atoms with Crippen LogP contribution in [0, 0.1) is 16.6 Å². The Hall–Kier alpha value is -4.29. The fraction of sp³-hybridized carbons (Fsp3) is 0.310. The number of amidine groups is 1. The number of benzene rings is 2. The summed E-state index contributed by atoms with van der Waals surface area (Å²) < 4.78 is 24.1. The van der Waals surface area contributed by atoms with Crippen LogP contribution in [0.4, 0.5) is 4.39 Å². The number of rotatable bonds is 11. The van der Waals surface area contributed by atoms with Gasteiger partial charge in [-0.05, 0) is 67.4 Å². The van der Waals surface area contributed by atoms with E-state index >= 15 is 0 Å². The van der Waals surface area contributed by atoms with Crippen molar-refractivity contribution >= 4 is 34.9 Å². The number of ether oxygens (including phenoxy) is 2. The van der Waals surface area contributed by atoms with Crippen LogP contribution in [0.15, 0.2) is 60.0 Å². The monoisotopic (exact) mass is 579 g/mol. The van der Waals surface area contributed by atoms with Crippen molar-refractivity contribution < 1.29 is 28.2 Å². The van der Waals surface area contributed by atoms with Gasteiger partial charge in [0, 0.05) is 40.0 Å². The summed E-state index contributed by atoms with van der Waals surface area (Å²) in [7, 11) is 1.60. The van der Waals surface area contributed by atoms with E-state index in [1.807, 2.05) is 0 Å². The molecule has 3 amide bonds. The number of hydrogen-bond donors (Lipinski definition) is 4. The van der Waals surface area contributed by atoms with Gasteiger partial charge in [-0.1, -0.05) is 0 Å². The van der Waals surface area contributed by atoms with Crippen molar-refractivity contribution in [3.8, 4) is 11.5 Å². The maximum absolute atomic E-state index is 13.3. The molecule has 1 aliphatic heterocycles. The van der Waals surface area contributed by atoms with E-state index in [-0.39, 0.29) is 48.0 Å². The fourth-order valence-corrected chi connectivity index (χ4v) is 6.10. The van der Waals surface area contributed by atoms with Crippen LogP contribution in [0.25, 0.3) is 0 Å². The van der Waals surface area contributed by atoms with Crippen LogP contribution in [-0.2, 0) is 20.9 Å². The number of nitrogen functional groups attached to an aromatic ring is 1. The van der Waals surface area contributed by atoms with Crippen molar-refractivity contribution in [1.29, 1.82) is 5.41 Å². The van der Waals surface area contributed by atoms with Gasteiger partial charge >= 0.3 is 0 Å². The van der Waals surface area contributed by atoms with Gasteiger partial charge in [0.15, 0.2) is 0 Å². The number of carbonyl (C=O) groups is 3. The van der Waals surface area contributed by atoms with Crippen molar-refractivity contribution in [2.24, 2.45) is 11.1 Å². The number of thiophene rings is 1. The Morgan fingerprint density at radius 3 is 2.39 bits per heavy atom. The van der Waals surface area contributed by atoms with Gasteiger partial charge < -0.3 is 30.7 Å². The minimum absolute atomic E-state index is 0.0377. The highest BCUT2D eigenvalue weighted by Gasteiger charge is 2.67. The first-order valence-electron chi connectivity index (χ1n) is 13.0. The van der Waals surface area contributed by atoms with Crippen molar-refractivity contribution in [3.63, 3.8) is 0 Å². The van der Waals surface area contributed by atoms with Crippen LogP contribution >= 0.6 is 11.3 Å². The van der Waals surface area contributed by atoms with Gasteiger partial charge in [0.05, 0.1) is 19.7 Å². The van der Waals surface area contributed by atoms with E-state index in [0.717, 1.165) is 11.3 Å². The molecule has 12 heteroatoms. The molecule has 0 radical (unpaired) electrons. The Bertz CT molecular complexity index is 1460. The van der Waals surface area contributed by atoms with E-state index in [2.05, 4.69) is 10.6 Å². The summed E-state index contributed by atoms with van der Waals surface area (Å²) in [5, 5.41) is 14.9. The number of nitrogens with two attached hydrogens (primary N) is 1. The zero-order chi connectivity index (χ0) is 29.1. The van der Waals surface area contributed by atoms with E-state index in [1.54, 1.807) is 47.7 Å². The highest BCUT2D eigenvalue weighted by Crippen LogP contribution is 2.59. The number of amides is 3. The molecule has 5 rings (SSSR count). The van der Waals surface area contributed by atoms with E-state index in [0.29, 0.717) is 35.7 Å². The maximum Gasteiger partial charge on any atom is 0.251 e. The van der Waals surface area contributed by atoms with Crippen LogP contribution in [-0.4, -0.2) is 60.8 Å². The standard InChI is InChI=1S/C29H30FN5O5S/c1-39-16-29-11-23(28(38)33-13-22-10-18(15-41-22)26(31)32)35(24(29)12-29)25(36)14-34-27(37)17-2-6-20(7-3-17)40-21-8-4-19(30)5-9-21/h2-10,15,23-24H,11-14,16H2,1H3,(H3,31,32)(H,33,38)(H,34,37)/t23-,24-,29+/m0/s1. The Morgan fingerprint density at radius 2 is 1.76 bits per heavy atom. The van der Waals surface area contributed by atoms with E-state index in [9.17, 15) is 18.8 Å². The van der Waals surface area contributed by atoms with Gasteiger partial charge in [-0.25, -0.2) is 4.39 Å². The summed E-state index contributed by atoms with van der Waals surface area (Å²) in [6.45, 7) is 0.439. The Morgan fingerprint density at radius 1 is 1.07 bits per heavy atom. The number of likely N-dealkylation sites (tertiary alicyclic amines) is 1. The number of methoxy groups -OCH3 is 1. The molecule has 2 aromatic carbocycles. The van der Waals surface area contributed by atoms with Gasteiger partial charge in [-0.2, -0.15) is 0 Å². The topological polar surface area (TPSA) is 147 Å². The molecule has 3 aromatic rings. The van der Waals surface area contributed by atoms with Crippen LogP contribution in [0.1, 0.15) is 33.6 Å². The van der Waals surface area contributed by atoms with Crippen molar-refractivity contribution in [2.75, 3.05) is 20.3 Å². The molecule has 2 fully saturated rings. The summed E-state index contributed by atoms with van der Waals surface area (Å²) >= 11 is 1.39. The fourth-order valence-electron chi connectivity index (χ4n) is 5.28. The number of hydrogen-bond acceptors (Lipinski definition) is 7. The largest absolute Gasteiger partial charge is 0.457 e. The maximum atomic E-state index is 13.3. The molecule has 41 heavy (non-hydrogen) atoms. The van der Waals surface area contributed by atoms with Gasteiger partial charge in [0.25, 0.3) is 5.91 Å². The lowest BCUT2D eigenvalue weighted by Crippen LogP contribution is -2.50. The summed E-state index contributed by atoms with van der Waals surface area (Å²) in [6.07, 6.45) is 1.22. The molecule has 5 N–H and O–H groups in total. The summed E-state index contributed by atoms with van der Waals surface area (Å²) in [5.74, 6) is -0.535. The van der Waals surface area contributed by atoms with Gasteiger partial charge in [-0.3, -0.25) is 19.8 Å². The third-order valence-corrected chi connectivity index (χ3v) is 8.34. The van der Waals surface area contributed by atoms with Crippen LogP contribution < -0.4 is 21.1 Å². The second kappa shape index (κ2) is 11.7. The molecular formula is C29H30FN5O5S. The van der Waals surface area contributed by atoms with Crippen LogP contribution in [0.3, 0.4) is 0 Å². The first kappa shape index (κ1) is 28.2. The molecule has 1 saturated heterocycles. The van der Waals surface area contributed by atoms with E-state index in [1.165, 1.54) is 35.6 Å². The molecular weight excluding hydrogens is 549 g/mol. The van der Waals surface area contributed by atoms with Gasteiger partial charge in [0.1, 0.15) is 29.2 Å². The number of halogens is 1. The SMILES string of the molecule is COC[C@@]12C[C@@H]1N(C(=O)CNC(=O)c1ccc(Oc3ccc(F)cc3)cc1)[C@H](C(=O)NCc1cc(C(=N)N)cs1)C2. The Labute approximate surface area is 240 Å². The molecule has 214 valence electrons. The number of nitrogens with one attached hydrogen (secondary N) is 3. The summed E-state index contributed by atoms with van der Waals surface area (Å²) in [6, 6.07) is 12.9. The van der Waals surface area contributed by atoms with Crippen molar-refractivity contribution in [3.05, 3.63) is 81.8 Å². The lowest BCUT2D eigenvalue weighted by atomic mass is 10.00. The number of piperidine rings is 1. The van der Waals surface area contributed by atoms with Gasteiger partial charge in [-0.15, -0.1) is 11.3 Å². The molecule has 1 aromatic heterocycles. The normalized spacial score (nSPS) is 20.7. The average Bonchev–Trinajstić information content (AvgIpc) is 3.29. The lowest BCUT2D eigenvalue weighted by molar-refractivity contribution is -0.139. The molecule has 3 atom stereocenters. The molecule has 0 bridgehead atoms. The summed E-state index contributed by atoms with van der Waals surface area (Å²) in [4.78, 5) is 41.7. The number of nitrogens with zero attached hydrogens (tertiary/aromatic N) is 1. The van der Waals surface area contributed by atoms with Crippen LogP contribution in [0.5, 0.6) is 11.5 Å². The number of carbonyl (C=O) groups excluding carboxylic acids is 3. The summed E-state index contributed by atoms with van der Waals surface area (Å²) in [5.41, 5.74) is 6.20.